The number of amides is 2. The highest BCUT2D eigenvalue weighted by atomic mass is 19.1. The van der Waals surface area contributed by atoms with Gasteiger partial charge in [0.2, 0.25) is 5.95 Å². The van der Waals surface area contributed by atoms with Crippen molar-refractivity contribution in [2.45, 2.75) is 13.5 Å². The van der Waals surface area contributed by atoms with Crippen molar-refractivity contribution in [3.63, 3.8) is 0 Å². The maximum absolute atomic E-state index is 14.6. The predicted molar refractivity (Wildman–Crippen MR) is 136 cm³/mol. The van der Waals surface area contributed by atoms with Gasteiger partial charge in [0.15, 0.2) is 0 Å². The summed E-state index contributed by atoms with van der Waals surface area (Å²) in [6.07, 6.45) is 1.53. The lowest BCUT2D eigenvalue weighted by Gasteiger charge is -2.13. The minimum absolute atomic E-state index is 0.0589. The van der Waals surface area contributed by atoms with Crippen molar-refractivity contribution in [3.8, 4) is 11.1 Å². The van der Waals surface area contributed by atoms with E-state index in [1.54, 1.807) is 12.1 Å². The van der Waals surface area contributed by atoms with Crippen molar-refractivity contribution in [1.29, 1.82) is 0 Å². The number of pyridine rings is 1. The molecule has 0 saturated carbocycles. The van der Waals surface area contributed by atoms with Crippen LogP contribution < -0.4 is 21.9 Å². The second kappa shape index (κ2) is 8.86. The number of carbonyl (C=O) groups is 1. The maximum Gasteiger partial charge on any atom is 0.323 e. The molecule has 0 radical (unpaired) electrons. The molecular formula is C26H21FN6O2. The summed E-state index contributed by atoms with van der Waals surface area (Å²) in [5.74, 6) is -0.563. The number of fused-ring (bicyclic) bond motifs is 2. The molecule has 8 nitrogen and oxygen atoms in total. The predicted octanol–water partition coefficient (Wildman–Crippen LogP) is 5.00. The fourth-order valence-electron chi connectivity index (χ4n) is 4.07. The lowest BCUT2D eigenvalue weighted by atomic mass is 10.0. The summed E-state index contributed by atoms with van der Waals surface area (Å²) >= 11 is 0. The Morgan fingerprint density at radius 2 is 1.77 bits per heavy atom. The van der Waals surface area contributed by atoms with E-state index < -0.39 is 11.8 Å². The summed E-state index contributed by atoms with van der Waals surface area (Å²) in [7, 11) is 0. The summed E-state index contributed by atoms with van der Waals surface area (Å²) in [5, 5.41) is 7.76. The molecule has 0 spiro atoms. The number of hydrogen-bond donors (Lipinski definition) is 3. The minimum atomic E-state index is -0.630. The number of rotatable bonds is 4. The van der Waals surface area contributed by atoms with Gasteiger partial charge < -0.3 is 16.4 Å². The average Bonchev–Trinajstić information content (AvgIpc) is 2.85. The highest BCUT2D eigenvalue weighted by molar-refractivity contribution is 6.06. The molecule has 4 N–H and O–H groups in total. The number of anilines is 3. The number of nitrogens with zero attached hydrogens (tertiary/aromatic N) is 3. The maximum atomic E-state index is 14.6. The number of nitrogens with two attached hydrogens (primary N) is 1. The first-order chi connectivity index (χ1) is 16.9. The van der Waals surface area contributed by atoms with Gasteiger partial charge in [-0.25, -0.2) is 14.2 Å². The van der Waals surface area contributed by atoms with Crippen LogP contribution >= 0.6 is 0 Å². The lowest BCUT2D eigenvalue weighted by Crippen LogP contribution is -2.23. The highest BCUT2D eigenvalue weighted by Crippen LogP contribution is 2.27. The number of urea groups is 1. The van der Waals surface area contributed by atoms with Crippen LogP contribution in [-0.4, -0.2) is 20.6 Å². The fourth-order valence-corrected chi connectivity index (χ4v) is 4.07. The van der Waals surface area contributed by atoms with Gasteiger partial charge in [0.25, 0.3) is 5.56 Å². The van der Waals surface area contributed by atoms with E-state index in [2.05, 4.69) is 20.6 Å². The number of nitrogens with one attached hydrogen (secondary N) is 2. The van der Waals surface area contributed by atoms with Crippen molar-refractivity contribution in [2.75, 3.05) is 16.4 Å². The minimum Gasteiger partial charge on any atom is -0.368 e. The van der Waals surface area contributed by atoms with Gasteiger partial charge in [0.1, 0.15) is 11.5 Å². The topological polar surface area (TPSA) is 115 Å². The van der Waals surface area contributed by atoms with Gasteiger partial charge in [-0.2, -0.15) is 4.98 Å². The van der Waals surface area contributed by atoms with Crippen molar-refractivity contribution < 1.29 is 9.18 Å². The number of halogens is 1. The molecule has 2 aromatic heterocycles. The summed E-state index contributed by atoms with van der Waals surface area (Å²) in [6, 6.07) is 18.3. The van der Waals surface area contributed by atoms with Gasteiger partial charge in [-0.15, -0.1) is 0 Å². The van der Waals surface area contributed by atoms with Crippen molar-refractivity contribution in [3.05, 3.63) is 89.1 Å². The van der Waals surface area contributed by atoms with E-state index in [9.17, 15) is 14.0 Å². The number of aryl methyl sites for hydroxylation is 1. The molecule has 0 unspecified atom stereocenters. The fraction of sp³-hybridized carbons (Fsp3) is 0.0769. The van der Waals surface area contributed by atoms with Gasteiger partial charge in [0, 0.05) is 29.1 Å². The molecule has 0 bridgehead atoms. The van der Waals surface area contributed by atoms with E-state index in [0.717, 1.165) is 10.8 Å². The summed E-state index contributed by atoms with van der Waals surface area (Å²) in [5.41, 5.74) is 7.10. The molecule has 0 saturated heterocycles. The molecule has 0 aliphatic carbocycles. The van der Waals surface area contributed by atoms with E-state index in [1.165, 1.54) is 29.0 Å². The van der Waals surface area contributed by atoms with Gasteiger partial charge in [0.05, 0.1) is 11.4 Å². The Labute approximate surface area is 199 Å². The zero-order valence-corrected chi connectivity index (χ0v) is 18.7. The molecule has 2 amide bonds. The zero-order valence-electron chi connectivity index (χ0n) is 18.7. The molecular weight excluding hydrogens is 447 g/mol. The third kappa shape index (κ3) is 4.15. The smallest absolute Gasteiger partial charge is 0.323 e. The van der Waals surface area contributed by atoms with Gasteiger partial charge in [-0.05, 0) is 42.1 Å². The standard InChI is InChI=1S/C26H21FN6O2/c1-2-33-23-17(14-29-25(28)32-23)12-19(24(33)34)16-10-11-20(27)22(13-16)31-26(35)30-21-9-5-7-15-6-3-4-8-18(15)21/h3-14H,2H2,1H3,(H2,28,29,32)(H2,30,31,35). The molecule has 0 atom stereocenters. The van der Waals surface area contributed by atoms with E-state index in [0.29, 0.717) is 34.4 Å². The zero-order chi connectivity index (χ0) is 24.5. The van der Waals surface area contributed by atoms with Crippen LogP contribution in [0.5, 0.6) is 0 Å². The molecule has 5 aromatic rings. The van der Waals surface area contributed by atoms with E-state index in [4.69, 9.17) is 5.73 Å². The van der Waals surface area contributed by atoms with Gasteiger partial charge >= 0.3 is 6.03 Å². The van der Waals surface area contributed by atoms with Crippen molar-refractivity contribution in [1.82, 2.24) is 14.5 Å². The quantitative estimate of drug-likeness (QED) is 0.343. The molecule has 9 heteroatoms. The number of benzene rings is 3. The Bertz CT molecular complexity index is 1660. The van der Waals surface area contributed by atoms with Crippen LogP contribution in [0.3, 0.4) is 0 Å². The van der Waals surface area contributed by atoms with Crippen LogP contribution in [0.4, 0.5) is 26.5 Å². The molecule has 0 aliphatic heterocycles. The Hall–Kier alpha value is -4.79. The highest BCUT2D eigenvalue weighted by Gasteiger charge is 2.15. The average molecular weight is 468 g/mol. The van der Waals surface area contributed by atoms with Crippen molar-refractivity contribution >= 4 is 45.2 Å². The second-order valence-corrected chi connectivity index (χ2v) is 7.92. The van der Waals surface area contributed by atoms with Crippen LogP contribution in [0, 0.1) is 5.82 Å². The molecule has 3 aromatic carbocycles. The summed E-state index contributed by atoms with van der Waals surface area (Å²) in [6.45, 7) is 2.18. The number of nitrogen functional groups attached to an aromatic ring is 1. The monoisotopic (exact) mass is 468 g/mol. The lowest BCUT2D eigenvalue weighted by molar-refractivity contribution is 0.262. The van der Waals surface area contributed by atoms with Crippen LogP contribution in [0.1, 0.15) is 6.92 Å². The van der Waals surface area contributed by atoms with E-state index >= 15 is 0 Å². The molecule has 35 heavy (non-hydrogen) atoms. The third-order valence-corrected chi connectivity index (χ3v) is 5.73. The van der Waals surface area contributed by atoms with E-state index in [1.807, 2.05) is 43.3 Å². The van der Waals surface area contributed by atoms with Gasteiger partial charge in [-0.3, -0.25) is 9.36 Å². The van der Waals surface area contributed by atoms with Crippen LogP contribution in [0.2, 0.25) is 0 Å². The number of aromatic nitrogens is 3. The number of hydrogen-bond acceptors (Lipinski definition) is 5. The van der Waals surface area contributed by atoms with E-state index in [-0.39, 0.29) is 17.2 Å². The second-order valence-electron chi connectivity index (χ2n) is 7.92. The normalized spacial score (nSPS) is 11.0. The molecule has 2 heterocycles. The molecule has 0 fully saturated rings. The third-order valence-electron chi connectivity index (χ3n) is 5.73. The number of carbonyl (C=O) groups excluding carboxylic acids is 1. The van der Waals surface area contributed by atoms with Crippen LogP contribution in [-0.2, 0) is 6.54 Å². The van der Waals surface area contributed by atoms with Gasteiger partial charge in [-0.1, -0.05) is 42.5 Å². The molecule has 5 rings (SSSR count). The van der Waals surface area contributed by atoms with Crippen LogP contribution in [0.15, 0.2) is 77.7 Å². The Kier molecular flexibility index (Phi) is 5.58. The largest absolute Gasteiger partial charge is 0.368 e. The van der Waals surface area contributed by atoms with Crippen molar-refractivity contribution in [2.24, 2.45) is 0 Å². The first-order valence-corrected chi connectivity index (χ1v) is 11.0. The Morgan fingerprint density at radius 3 is 2.60 bits per heavy atom. The Balaban J connectivity index is 1.49. The molecule has 0 aliphatic rings. The summed E-state index contributed by atoms with van der Waals surface area (Å²) < 4.78 is 16.1. The first-order valence-electron chi connectivity index (χ1n) is 11.0. The summed E-state index contributed by atoms with van der Waals surface area (Å²) in [4.78, 5) is 34.1. The van der Waals surface area contributed by atoms with Crippen LogP contribution in [0.25, 0.3) is 32.9 Å². The molecule has 174 valence electrons. The first kappa shape index (κ1) is 22.0. The Morgan fingerprint density at radius 1 is 1.00 bits per heavy atom. The SMILES string of the molecule is CCn1c(=O)c(-c2ccc(F)c(NC(=O)Nc3cccc4ccccc34)c2)cc2cnc(N)nc21.